The van der Waals surface area contributed by atoms with Gasteiger partial charge in [-0.15, -0.1) is 0 Å². The van der Waals surface area contributed by atoms with E-state index < -0.39 is 0 Å². The summed E-state index contributed by atoms with van der Waals surface area (Å²) in [6, 6.07) is 8.60. The van der Waals surface area contributed by atoms with E-state index in [-0.39, 0.29) is 0 Å². The molecule has 0 heterocycles. The maximum atomic E-state index is 5.51. The topological polar surface area (TPSA) is 24.5 Å². The van der Waals surface area contributed by atoms with E-state index in [0.717, 1.165) is 24.8 Å². The molecular formula is C18H32N2O. The molecule has 0 saturated carbocycles. The Bertz CT molecular complexity index is 391. The molecule has 3 nitrogen and oxygen atoms in total. The van der Waals surface area contributed by atoms with Gasteiger partial charge in [-0.3, -0.25) is 0 Å². The minimum absolute atomic E-state index is 0.301. The third-order valence-corrected chi connectivity index (χ3v) is 4.42. The number of rotatable bonds is 10. The van der Waals surface area contributed by atoms with Crippen LogP contribution >= 0.6 is 0 Å². The average molecular weight is 292 g/mol. The highest BCUT2D eigenvalue weighted by atomic mass is 16.5. The van der Waals surface area contributed by atoms with Gasteiger partial charge in [0, 0.05) is 24.7 Å². The zero-order chi connectivity index (χ0) is 15.7. The van der Waals surface area contributed by atoms with Crippen molar-refractivity contribution in [2.24, 2.45) is 5.92 Å². The van der Waals surface area contributed by atoms with Crippen molar-refractivity contribution in [3.8, 4) is 5.75 Å². The van der Waals surface area contributed by atoms with Crippen LogP contribution in [0.1, 0.15) is 45.2 Å². The normalized spacial score (nSPS) is 12.9. The van der Waals surface area contributed by atoms with Crippen molar-refractivity contribution in [3.63, 3.8) is 0 Å². The van der Waals surface area contributed by atoms with Crippen LogP contribution in [0.5, 0.6) is 5.75 Å². The number of hydrogen-bond acceptors (Lipinski definition) is 3. The molecule has 0 radical (unpaired) electrons. The standard InChI is InChI=1S/C18H32N2O/c1-6-15(7-2)13-20(8-3)14-17(19-4)16-11-9-10-12-18(16)21-5/h9-12,15,17,19H,6-8,13-14H2,1-5H3. The molecule has 1 atom stereocenters. The van der Waals surface area contributed by atoms with E-state index in [1.54, 1.807) is 7.11 Å². The Kier molecular flexibility index (Phi) is 8.40. The lowest BCUT2D eigenvalue weighted by molar-refractivity contribution is 0.212. The van der Waals surface area contributed by atoms with Gasteiger partial charge in [0.1, 0.15) is 5.75 Å². The third-order valence-electron chi connectivity index (χ3n) is 4.42. The first-order valence-electron chi connectivity index (χ1n) is 8.22. The Morgan fingerprint density at radius 1 is 1.10 bits per heavy atom. The molecule has 1 aromatic rings. The summed E-state index contributed by atoms with van der Waals surface area (Å²) in [5.74, 6) is 1.76. The van der Waals surface area contributed by atoms with E-state index >= 15 is 0 Å². The lowest BCUT2D eigenvalue weighted by Crippen LogP contribution is -2.36. The smallest absolute Gasteiger partial charge is 0.123 e. The van der Waals surface area contributed by atoms with E-state index in [9.17, 15) is 0 Å². The quantitative estimate of drug-likeness (QED) is 0.711. The maximum Gasteiger partial charge on any atom is 0.123 e. The number of likely N-dealkylation sites (N-methyl/N-ethyl adjacent to an activating group) is 2. The molecule has 120 valence electrons. The fourth-order valence-corrected chi connectivity index (χ4v) is 2.80. The Hall–Kier alpha value is -1.06. The van der Waals surface area contributed by atoms with Gasteiger partial charge >= 0.3 is 0 Å². The summed E-state index contributed by atoms with van der Waals surface area (Å²) in [7, 11) is 3.77. The Morgan fingerprint density at radius 3 is 2.29 bits per heavy atom. The minimum atomic E-state index is 0.301. The van der Waals surface area contributed by atoms with Crippen molar-refractivity contribution in [3.05, 3.63) is 29.8 Å². The average Bonchev–Trinajstić information content (AvgIpc) is 2.55. The van der Waals surface area contributed by atoms with Crippen LogP contribution in [0.25, 0.3) is 0 Å². The number of nitrogens with zero attached hydrogens (tertiary/aromatic N) is 1. The minimum Gasteiger partial charge on any atom is -0.496 e. The predicted octanol–water partition coefficient (Wildman–Crippen LogP) is 3.71. The first kappa shape index (κ1) is 18.0. The molecule has 1 rings (SSSR count). The molecule has 1 unspecified atom stereocenters. The van der Waals surface area contributed by atoms with Gasteiger partial charge in [-0.2, -0.15) is 0 Å². The monoisotopic (exact) mass is 292 g/mol. The van der Waals surface area contributed by atoms with E-state index in [1.807, 2.05) is 19.2 Å². The lowest BCUT2D eigenvalue weighted by atomic mass is 10.0. The summed E-state index contributed by atoms with van der Waals surface area (Å²) in [5, 5.41) is 3.45. The summed E-state index contributed by atoms with van der Waals surface area (Å²) in [4.78, 5) is 2.55. The Balaban J connectivity index is 2.79. The molecule has 0 aliphatic carbocycles. The number of nitrogens with one attached hydrogen (secondary N) is 1. The van der Waals surface area contributed by atoms with Crippen molar-refractivity contribution >= 4 is 0 Å². The first-order chi connectivity index (χ1) is 10.2. The van der Waals surface area contributed by atoms with Crippen molar-refractivity contribution in [1.29, 1.82) is 0 Å². The second-order valence-corrected chi connectivity index (χ2v) is 5.62. The Morgan fingerprint density at radius 2 is 1.76 bits per heavy atom. The van der Waals surface area contributed by atoms with Crippen LogP contribution in [0, 0.1) is 5.92 Å². The van der Waals surface area contributed by atoms with Gasteiger partial charge in [0.05, 0.1) is 7.11 Å². The van der Waals surface area contributed by atoms with E-state index in [1.165, 1.54) is 24.9 Å². The van der Waals surface area contributed by atoms with E-state index in [2.05, 4.69) is 43.1 Å². The summed E-state index contributed by atoms with van der Waals surface area (Å²) in [6.07, 6.45) is 2.51. The number of methoxy groups -OCH3 is 1. The summed E-state index contributed by atoms with van der Waals surface area (Å²) in [5.41, 5.74) is 1.24. The fourth-order valence-electron chi connectivity index (χ4n) is 2.80. The molecule has 3 heteroatoms. The summed E-state index contributed by atoms with van der Waals surface area (Å²) >= 11 is 0. The molecule has 0 aliphatic rings. The SMILES string of the molecule is CCC(CC)CN(CC)CC(NC)c1ccccc1OC. The zero-order valence-electron chi connectivity index (χ0n) is 14.4. The van der Waals surface area contributed by atoms with Crippen LogP contribution in [-0.2, 0) is 0 Å². The zero-order valence-corrected chi connectivity index (χ0v) is 14.4. The molecule has 0 amide bonds. The van der Waals surface area contributed by atoms with Gasteiger partial charge in [-0.1, -0.05) is 51.8 Å². The highest BCUT2D eigenvalue weighted by molar-refractivity contribution is 5.36. The lowest BCUT2D eigenvalue weighted by Gasteiger charge is -2.30. The van der Waals surface area contributed by atoms with Crippen molar-refractivity contribution in [2.75, 3.05) is 33.8 Å². The molecule has 0 aliphatic heterocycles. The number of ether oxygens (including phenoxy) is 1. The van der Waals surface area contributed by atoms with Crippen molar-refractivity contribution < 1.29 is 4.74 Å². The van der Waals surface area contributed by atoms with Gasteiger partial charge in [-0.25, -0.2) is 0 Å². The number of para-hydroxylation sites is 1. The second-order valence-electron chi connectivity index (χ2n) is 5.62. The van der Waals surface area contributed by atoms with Crippen molar-refractivity contribution in [2.45, 2.75) is 39.7 Å². The van der Waals surface area contributed by atoms with Gasteiger partial charge in [-0.05, 0) is 25.6 Å². The fraction of sp³-hybridized carbons (Fsp3) is 0.667. The molecule has 1 aromatic carbocycles. The van der Waals surface area contributed by atoms with Crippen LogP contribution in [-0.4, -0.2) is 38.7 Å². The molecule has 1 N–H and O–H groups in total. The van der Waals surface area contributed by atoms with Gasteiger partial charge in [0.25, 0.3) is 0 Å². The molecule has 0 aromatic heterocycles. The summed E-state index contributed by atoms with van der Waals surface area (Å²) < 4.78 is 5.51. The van der Waals surface area contributed by atoms with Gasteiger partial charge in [0.2, 0.25) is 0 Å². The molecular weight excluding hydrogens is 260 g/mol. The van der Waals surface area contributed by atoms with Crippen LogP contribution in [0.3, 0.4) is 0 Å². The predicted molar refractivity (Wildman–Crippen MR) is 91.0 cm³/mol. The van der Waals surface area contributed by atoms with Crippen molar-refractivity contribution in [1.82, 2.24) is 10.2 Å². The van der Waals surface area contributed by atoms with E-state index in [0.29, 0.717) is 6.04 Å². The molecule has 21 heavy (non-hydrogen) atoms. The van der Waals surface area contributed by atoms with Gasteiger partial charge < -0.3 is 15.0 Å². The highest BCUT2D eigenvalue weighted by Crippen LogP contribution is 2.25. The van der Waals surface area contributed by atoms with Crippen LogP contribution in [0.15, 0.2) is 24.3 Å². The molecule has 0 bridgehead atoms. The molecule has 0 fully saturated rings. The van der Waals surface area contributed by atoms with Crippen LogP contribution in [0.2, 0.25) is 0 Å². The Labute approximate surface area is 130 Å². The van der Waals surface area contributed by atoms with Crippen LogP contribution < -0.4 is 10.1 Å². The second kappa shape index (κ2) is 9.80. The first-order valence-corrected chi connectivity index (χ1v) is 8.22. The van der Waals surface area contributed by atoms with Crippen LogP contribution in [0.4, 0.5) is 0 Å². The third kappa shape index (κ3) is 5.33. The van der Waals surface area contributed by atoms with Gasteiger partial charge in [0.15, 0.2) is 0 Å². The number of benzene rings is 1. The number of hydrogen-bond donors (Lipinski definition) is 1. The summed E-state index contributed by atoms with van der Waals surface area (Å²) in [6.45, 7) is 10.1. The molecule has 0 saturated heterocycles. The maximum absolute atomic E-state index is 5.51. The van der Waals surface area contributed by atoms with E-state index in [4.69, 9.17) is 4.74 Å². The largest absolute Gasteiger partial charge is 0.496 e. The highest BCUT2D eigenvalue weighted by Gasteiger charge is 2.18. The molecule has 0 spiro atoms.